The zero-order chi connectivity index (χ0) is 14.9. The summed E-state index contributed by atoms with van der Waals surface area (Å²) >= 11 is 15.6. The number of aliphatic hydroxyl groups excluding tert-OH is 1. The Kier molecular flexibility index (Phi) is 5.13. The molecule has 0 aliphatic carbocycles. The highest BCUT2D eigenvalue weighted by Gasteiger charge is 2.18. The van der Waals surface area contributed by atoms with Crippen LogP contribution in [0.1, 0.15) is 30.0 Å². The van der Waals surface area contributed by atoms with Gasteiger partial charge in [0.1, 0.15) is 0 Å². The van der Waals surface area contributed by atoms with Gasteiger partial charge in [-0.2, -0.15) is 5.10 Å². The predicted molar refractivity (Wildman–Crippen MR) is 85.4 cm³/mol. The van der Waals surface area contributed by atoms with Crippen LogP contribution in [0.25, 0.3) is 0 Å². The molecule has 0 spiro atoms. The van der Waals surface area contributed by atoms with Gasteiger partial charge in [-0.3, -0.25) is 4.68 Å². The van der Waals surface area contributed by atoms with Crippen molar-refractivity contribution < 1.29 is 5.11 Å². The highest BCUT2D eigenvalue weighted by molar-refractivity contribution is 9.10. The van der Waals surface area contributed by atoms with E-state index in [9.17, 15) is 5.11 Å². The first-order valence-corrected chi connectivity index (χ1v) is 7.82. The van der Waals surface area contributed by atoms with Crippen LogP contribution < -0.4 is 0 Å². The van der Waals surface area contributed by atoms with Crippen molar-refractivity contribution in [3.8, 4) is 0 Å². The summed E-state index contributed by atoms with van der Waals surface area (Å²) in [5.41, 5.74) is 2.48. The molecule has 0 radical (unpaired) electrons. The molecule has 6 heteroatoms. The molecule has 0 amide bonds. The molecule has 20 heavy (non-hydrogen) atoms. The van der Waals surface area contributed by atoms with Crippen molar-refractivity contribution in [1.82, 2.24) is 9.78 Å². The fraction of sp³-hybridized carbons (Fsp3) is 0.357. The maximum absolute atomic E-state index is 10.4. The van der Waals surface area contributed by atoms with Crippen LogP contribution in [0, 0.1) is 0 Å². The van der Waals surface area contributed by atoms with Crippen LogP contribution in [0.5, 0.6) is 0 Å². The van der Waals surface area contributed by atoms with Gasteiger partial charge in [-0.25, -0.2) is 0 Å². The number of hydrogen-bond donors (Lipinski definition) is 1. The van der Waals surface area contributed by atoms with E-state index in [2.05, 4.69) is 21.0 Å². The molecule has 0 fully saturated rings. The molecular weight excluding hydrogens is 363 g/mol. The first-order chi connectivity index (χ1) is 9.43. The van der Waals surface area contributed by atoms with E-state index in [1.807, 2.05) is 26.1 Å². The molecule has 2 rings (SSSR count). The summed E-state index contributed by atoms with van der Waals surface area (Å²) in [6.45, 7) is 2.00. The molecule has 1 N–H and O–H groups in total. The van der Waals surface area contributed by atoms with Crippen LogP contribution in [0.15, 0.2) is 22.7 Å². The fourth-order valence-electron chi connectivity index (χ4n) is 2.06. The van der Waals surface area contributed by atoms with E-state index < -0.39 is 6.10 Å². The van der Waals surface area contributed by atoms with Gasteiger partial charge in [-0.05, 0) is 40.0 Å². The van der Waals surface area contributed by atoms with Crippen molar-refractivity contribution in [2.24, 2.45) is 7.05 Å². The minimum atomic E-state index is -0.652. The largest absolute Gasteiger partial charge is 0.388 e. The molecule has 2 aromatic rings. The van der Waals surface area contributed by atoms with Crippen LogP contribution in [0.4, 0.5) is 0 Å². The Labute approximate surface area is 136 Å². The van der Waals surface area contributed by atoms with Crippen molar-refractivity contribution in [2.45, 2.75) is 25.9 Å². The molecular formula is C14H15BrCl2N2O. The van der Waals surface area contributed by atoms with Crippen molar-refractivity contribution in [1.29, 1.82) is 0 Å². The monoisotopic (exact) mass is 376 g/mol. The number of aryl methyl sites for hydroxylation is 2. The number of aromatic nitrogens is 2. The number of nitrogens with zero attached hydrogens (tertiary/aromatic N) is 2. The Morgan fingerprint density at radius 2 is 2.10 bits per heavy atom. The fourth-order valence-corrected chi connectivity index (χ4v) is 2.95. The second-order valence-electron chi connectivity index (χ2n) is 4.58. The third-order valence-corrected chi connectivity index (χ3v) is 4.87. The Bertz CT molecular complexity index is 628. The number of aliphatic hydroxyl groups is 1. The lowest BCUT2D eigenvalue weighted by molar-refractivity contribution is 0.176. The average Bonchev–Trinajstić information content (AvgIpc) is 2.69. The highest BCUT2D eigenvalue weighted by Crippen LogP contribution is 2.30. The van der Waals surface area contributed by atoms with Crippen LogP contribution in [-0.4, -0.2) is 14.9 Å². The van der Waals surface area contributed by atoms with E-state index >= 15 is 0 Å². The zero-order valence-electron chi connectivity index (χ0n) is 11.2. The summed E-state index contributed by atoms with van der Waals surface area (Å²) in [4.78, 5) is 0. The van der Waals surface area contributed by atoms with Crippen LogP contribution >= 0.6 is 39.1 Å². The molecule has 1 heterocycles. The van der Waals surface area contributed by atoms with Gasteiger partial charge < -0.3 is 5.11 Å². The first-order valence-electron chi connectivity index (χ1n) is 6.27. The number of rotatable bonds is 4. The van der Waals surface area contributed by atoms with Gasteiger partial charge in [0.05, 0.1) is 27.5 Å². The molecule has 108 valence electrons. The van der Waals surface area contributed by atoms with Gasteiger partial charge in [-0.1, -0.05) is 36.2 Å². The average molecular weight is 378 g/mol. The van der Waals surface area contributed by atoms with Gasteiger partial charge in [0.25, 0.3) is 0 Å². The number of hydrogen-bond acceptors (Lipinski definition) is 2. The van der Waals surface area contributed by atoms with Gasteiger partial charge >= 0.3 is 0 Å². The van der Waals surface area contributed by atoms with Crippen LogP contribution in [0.3, 0.4) is 0 Å². The lowest BCUT2D eigenvalue weighted by atomic mass is 10.0. The van der Waals surface area contributed by atoms with E-state index in [-0.39, 0.29) is 0 Å². The Morgan fingerprint density at radius 3 is 2.65 bits per heavy atom. The molecule has 1 aromatic heterocycles. The minimum absolute atomic E-state index is 0.413. The maximum Gasteiger partial charge on any atom is 0.0850 e. The van der Waals surface area contributed by atoms with Gasteiger partial charge in [-0.15, -0.1) is 0 Å². The molecule has 0 saturated heterocycles. The SMILES string of the molecule is CCc1nn(C)c(CC(O)c2ccc(Cl)c(Br)c2)c1Cl. The van der Waals surface area contributed by atoms with Gasteiger partial charge in [0, 0.05) is 17.9 Å². The minimum Gasteiger partial charge on any atom is -0.388 e. The van der Waals surface area contributed by atoms with Crippen molar-refractivity contribution >= 4 is 39.1 Å². The molecule has 0 bridgehead atoms. The summed E-state index contributed by atoms with van der Waals surface area (Å²) in [6.07, 6.45) is 0.534. The van der Waals surface area contributed by atoms with Gasteiger partial charge in [0.2, 0.25) is 0 Å². The van der Waals surface area contributed by atoms with E-state index in [1.54, 1.807) is 10.7 Å². The third kappa shape index (κ3) is 3.19. The second-order valence-corrected chi connectivity index (χ2v) is 6.22. The summed E-state index contributed by atoms with van der Waals surface area (Å²) in [5, 5.41) is 16.0. The Morgan fingerprint density at radius 1 is 1.40 bits per heavy atom. The molecule has 1 aromatic carbocycles. The molecule has 0 aliphatic rings. The second kappa shape index (κ2) is 6.48. The molecule has 0 saturated carbocycles. The summed E-state index contributed by atoms with van der Waals surface area (Å²) in [7, 11) is 1.84. The summed E-state index contributed by atoms with van der Waals surface area (Å²) < 4.78 is 2.50. The predicted octanol–water partition coefficient (Wildman–Crippen LogP) is 4.33. The van der Waals surface area contributed by atoms with Crippen molar-refractivity contribution in [2.75, 3.05) is 0 Å². The standard InChI is InChI=1S/C14H15BrCl2N2O/c1-3-11-14(17)12(19(2)18-11)7-13(20)8-4-5-10(16)9(15)6-8/h4-6,13,20H,3,7H2,1-2H3. The number of benzene rings is 1. The molecule has 1 atom stereocenters. The Hall–Kier alpha value is -0.550. The van der Waals surface area contributed by atoms with Crippen LogP contribution in [-0.2, 0) is 19.9 Å². The molecule has 1 unspecified atom stereocenters. The van der Waals surface area contributed by atoms with E-state index in [4.69, 9.17) is 23.2 Å². The lowest BCUT2D eigenvalue weighted by Gasteiger charge is -2.12. The highest BCUT2D eigenvalue weighted by atomic mass is 79.9. The van der Waals surface area contributed by atoms with E-state index in [0.717, 1.165) is 27.8 Å². The maximum atomic E-state index is 10.4. The zero-order valence-corrected chi connectivity index (χ0v) is 14.3. The molecule has 3 nitrogen and oxygen atoms in total. The van der Waals surface area contributed by atoms with Gasteiger partial charge in [0.15, 0.2) is 0 Å². The molecule has 0 aliphatic heterocycles. The van der Waals surface area contributed by atoms with Crippen LogP contribution in [0.2, 0.25) is 10.0 Å². The van der Waals surface area contributed by atoms with E-state index in [1.165, 1.54) is 0 Å². The normalized spacial score (nSPS) is 12.7. The number of halogens is 3. The quantitative estimate of drug-likeness (QED) is 0.861. The smallest absolute Gasteiger partial charge is 0.0850 e. The topological polar surface area (TPSA) is 38.0 Å². The Balaban J connectivity index is 2.25. The van der Waals surface area contributed by atoms with Crippen molar-refractivity contribution in [3.05, 3.63) is 49.7 Å². The first kappa shape index (κ1) is 15.8. The van der Waals surface area contributed by atoms with Crippen molar-refractivity contribution in [3.63, 3.8) is 0 Å². The summed E-state index contributed by atoms with van der Waals surface area (Å²) in [5.74, 6) is 0. The third-order valence-electron chi connectivity index (χ3n) is 3.22. The summed E-state index contributed by atoms with van der Waals surface area (Å²) in [6, 6.07) is 5.38. The lowest BCUT2D eigenvalue weighted by Crippen LogP contribution is -2.07. The van der Waals surface area contributed by atoms with E-state index in [0.29, 0.717) is 16.5 Å².